The molecule has 128 valence electrons. The van der Waals surface area contributed by atoms with E-state index in [1.807, 2.05) is 32.0 Å². The summed E-state index contributed by atoms with van der Waals surface area (Å²) in [5.41, 5.74) is 1.30. The number of carbonyl (C=O) groups is 1. The molecule has 0 saturated carbocycles. The number of aromatic nitrogens is 1. The van der Waals surface area contributed by atoms with Gasteiger partial charge in [-0.25, -0.2) is 0 Å². The average molecular weight is 393 g/mol. The molecule has 1 amide bonds. The van der Waals surface area contributed by atoms with Gasteiger partial charge in [0.1, 0.15) is 0 Å². The van der Waals surface area contributed by atoms with Gasteiger partial charge in [-0.1, -0.05) is 13.0 Å². The topological polar surface area (TPSA) is 60.5 Å². The minimum absolute atomic E-state index is 0.195. The number of hydrogen-bond donors (Lipinski definition) is 1. The van der Waals surface area contributed by atoms with Crippen molar-refractivity contribution in [3.8, 4) is 11.5 Å². The van der Waals surface area contributed by atoms with E-state index in [4.69, 9.17) is 9.47 Å². The first-order chi connectivity index (χ1) is 11.6. The molecular formula is C18H21BrN2O3. The second-order valence-corrected chi connectivity index (χ2v) is 6.14. The van der Waals surface area contributed by atoms with Crippen LogP contribution in [-0.4, -0.2) is 24.6 Å². The van der Waals surface area contributed by atoms with Crippen LogP contribution >= 0.6 is 15.9 Å². The van der Waals surface area contributed by atoms with Gasteiger partial charge in [0.2, 0.25) is 0 Å². The number of carbonyl (C=O) groups excluding carboxylic acids is 1. The average Bonchev–Trinajstić information content (AvgIpc) is 2.60. The highest BCUT2D eigenvalue weighted by Gasteiger charge is 2.17. The molecule has 0 aliphatic carbocycles. The maximum atomic E-state index is 12.5. The first-order valence-corrected chi connectivity index (χ1v) is 8.58. The van der Waals surface area contributed by atoms with E-state index in [1.54, 1.807) is 25.4 Å². The number of hydrogen-bond acceptors (Lipinski definition) is 4. The quantitative estimate of drug-likeness (QED) is 0.769. The first-order valence-electron chi connectivity index (χ1n) is 7.79. The van der Waals surface area contributed by atoms with Crippen LogP contribution in [0.4, 0.5) is 0 Å². The highest BCUT2D eigenvalue weighted by atomic mass is 79.9. The lowest BCUT2D eigenvalue weighted by Gasteiger charge is -2.16. The van der Waals surface area contributed by atoms with Gasteiger partial charge in [-0.15, -0.1) is 0 Å². The zero-order valence-corrected chi connectivity index (χ0v) is 15.6. The number of amides is 1. The normalized spacial score (nSPS) is 11.7. The molecule has 1 unspecified atom stereocenters. The molecule has 5 nitrogen and oxygen atoms in total. The molecular weight excluding hydrogens is 372 g/mol. The van der Waals surface area contributed by atoms with Crippen LogP contribution in [0.15, 0.2) is 41.0 Å². The summed E-state index contributed by atoms with van der Waals surface area (Å²) < 4.78 is 11.7. The van der Waals surface area contributed by atoms with E-state index in [2.05, 4.69) is 26.2 Å². The number of halogens is 1. The highest BCUT2D eigenvalue weighted by Crippen LogP contribution is 2.36. The first kappa shape index (κ1) is 18.3. The van der Waals surface area contributed by atoms with E-state index in [0.29, 0.717) is 28.1 Å². The van der Waals surface area contributed by atoms with E-state index in [0.717, 1.165) is 12.1 Å². The number of benzene rings is 1. The summed E-state index contributed by atoms with van der Waals surface area (Å²) in [5, 5.41) is 2.93. The van der Waals surface area contributed by atoms with E-state index in [-0.39, 0.29) is 11.9 Å². The second-order valence-electron chi connectivity index (χ2n) is 5.29. The molecule has 0 bridgehead atoms. The lowest BCUT2D eigenvalue weighted by atomic mass is 10.1. The molecule has 1 heterocycles. The van der Waals surface area contributed by atoms with E-state index < -0.39 is 0 Å². The molecule has 24 heavy (non-hydrogen) atoms. The van der Waals surface area contributed by atoms with E-state index in [9.17, 15) is 4.79 Å². The van der Waals surface area contributed by atoms with Gasteiger partial charge in [-0.3, -0.25) is 9.78 Å². The Labute approximate surface area is 150 Å². The summed E-state index contributed by atoms with van der Waals surface area (Å²) in [4.78, 5) is 16.8. The van der Waals surface area contributed by atoms with Gasteiger partial charge in [0.05, 0.1) is 29.9 Å². The molecule has 0 fully saturated rings. The van der Waals surface area contributed by atoms with Gasteiger partial charge in [-0.2, -0.15) is 0 Å². The van der Waals surface area contributed by atoms with Gasteiger partial charge in [0.25, 0.3) is 5.91 Å². The van der Waals surface area contributed by atoms with Crippen molar-refractivity contribution in [2.24, 2.45) is 0 Å². The van der Waals surface area contributed by atoms with Gasteiger partial charge >= 0.3 is 0 Å². The summed E-state index contributed by atoms with van der Waals surface area (Å²) in [6, 6.07) is 8.83. The summed E-state index contributed by atoms with van der Waals surface area (Å²) in [5.74, 6) is 0.927. The Morgan fingerprint density at radius 2 is 2.17 bits per heavy atom. The minimum Gasteiger partial charge on any atom is -0.493 e. The van der Waals surface area contributed by atoms with Crippen molar-refractivity contribution >= 4 is 21.8 Å². The molecule has 0 aliphatic heterocycles. The number of methoxy groups -OCH3 is 1. The van der Waals surface area contributed by atoms with Crippen LogP contribution in [0, 0.1) is 0 Å². The largest absolute Gasteiger partial charge is 0.493 e. The molecule has 1 aromatic carbocycles. The molecule has 0 spiro atoms. The molecule has 0 saturated heterocycles. The van der Waals surface area contributed by atoms with Crippen LogP contribution in [0.2, 0.25) is 0 Å². The standard InChI is InChI=1S/C18H21BrN2O3/c1-4-9-24-17-14(19)10-13(11-16(17)23-3)18(22)21-12(2)15-7-5-6-8-20-15/h5-8,10-12H,4,9H2,1-3H3,(H,21,22). The van der Waals surface area contributed by atoms with Crippen molar-refractivity contribution in [1.82, 2.24) is 10.3 Å². The third kappa shape index (κ3) is 4.47. The summed E-state index contributed by atoms with van der Waals surface area (Å²) in [7, 11) is 1.55. The molecule has 1 aromatic heterocycles. The fraction of sp³-hybridized carbons (Fsp3) is 0.333. The zero-order chi connectivity index (χ0) is 17.5. The Hall–Kier alpha value is -2.08. The van der Waals surface area contributed by atoms with Crippen LogP contribution in [0.5, 0.6) is 11.5 Å². The van der Waals surface area contributed by atoms with Crippen molar-refractivity contribution in [1.29, 1.82) is 0 Å². The molecule has 2 rings (SSSR count). The molecule has 0 aliphatic rings. The van der Waals surface area contributed by atoms with Crippen LogP contribution < -0.4 is 14.8 Å². The van der Waals surface area contributed by atoms with Gasteiger partial charge < -0.3 is 14.8 Å². The molecule has 2 aromatic rings. The second kappa shape index (κ2) is 8.68. The van der Waals surface area contributed by atoms with Crippen molar-refractivity contribution in [2.45, 2.75) is 26.3 Å². The van der Waals surface area contributed by atoms with Crippen molar-refractivity contribution < 1.29 is 14.3 Å². The summed E-state index contributed by atoms with van der Waals surface area (Å²) in [6.07, 6.45) is 2.59. The number of ether oxygens (including phenoxy) is 2. The Morgan fingerprint density at radius 3 is 2.79 bits per heavy atom. The number of rotatable bonds is 7. The molecule has 6 heteroatoms. The maximum Gasteiger partial charge on any atom is 0.251 e. The molecule has 0 radical (unpaired) electrons. The highest BCUT2D eigenvalue weighted by molar-refractivity contribution is 9.10. The third-order valence-corrected chi connectivity index (χ3v) is 4.01. The Morgan fingerprint density at radius 1 is 1.38 bits per heavy atom. The van der Waals surface area contributed by atoms with Crippen molar-refractivity contribution in [3.63, 3.8) is 0 Å². The lowest BCUT2D eigenvalue weighted by molar-refractivity contribution is 0.0938. The Kier molecular flexibility index (Phi) is 6.61. The van der Waals surface area contributed by atoms with Gasteiger partial charge in [-0.05, 0) is 53.5 Å². The maximum absolute atomic E-state index is 12.5. The Balaban J connectivity index is 2.19. The lowest BCUT2D eigenvalue weighted by Crippen LogP contribution is -2.27. The van der Waals surface area contributed by atoms with Crippen LogP contribution in [0.3, 0.4) is 0 Å². The van der Waals surface area contributed by atoms with E-state index in [1.165, 1.54) is 0 Å². The van der Waals surface area contributed by atoms with Gasteiger partial charge in [0, 0.05) is 11.8 Å². The predicted molar refractivity (Wildman–Crippen MR) is 96.6 cm³/mol. The van der Waals surface area contributed by atoms with E-state index >= 15 is 0 Å². The predicted octanol–water partition coefficient (Wildman–Crippen LogP) is 4.13. The monoisotopic (exact) mass is 392 g/mol. The molecule has 1 atom stereocenters. The summed E-state index contributed by atoms with van der Waals surface area (Å²) in [6.45, 7) is 4.50. The SMILES string of the molecule is CCCOc1c(Br)cc(C(=O)NC(C)c2ccccn2)cc1OC. The zero-order valence-electron chi connectivity index (χ0n) is 14.0. The third-order valence-electron chi connectivity index (χ3n) is 3.42. The van der Waals surface area contributed by atoms with Crippen LogP contribution in [-0.2, 0) is 0 Å². The Bertz CT molecular complexity index is 692. The van der Waals surface area contributed by atoms with Crippen LogP contribution in [0.1, 0.15) is 42.4 Å². The fourth-order valence-corrected chi connectivity index (χ4v) is 2.74. The van der Waals surface area contributed by atoms with Gasteiger partial charge in [0.15, 0.2) is 11.5 Å². The number of pyridine rings is 1. The van der Waals surface area contributed by atoms with Crippen molar-refractivity contribution in [3.05, 3.63) is 52.3 Å². The molecule has 1 N–H and O–H groups in total. The van der Waals surface area contributed by atoms with Crippen molar-refractivity contribution in [2.75, 3.05) is 13.7 Å². The fourth-order valence-electron chi connectivity index (χ4n) is 2.18. The summed E-state index contributed by atoms with van der Waals surface area (Å²) >= 11 is 3.45. The number of nitrogens with zero attached hydrogens (tertiary/aromatic N) is 1. The number of nitrogens with one attached hydrogen (secondary N) is 1. The minimum atomic E-state index is -0.200. The van der Waals surface area contributed by atoms with Crippen LogP contribution in [0.25, 0.3) is 0 Å². The smallest absolute Gasteiger partial charge is 0.251 e.